The molecular weight excluding hydrogens is 134 g/mol. The predicted octanol–water partition coefficient (Wildman–Crippen LogP) is 0.463. The summed E-state index contributed by atoms with van der Waals surface area (Å²) < 4.78 is 10.5. The molecule has 0 N–H and O–H groups in total. The highest BCUT2D eigenvalue weighted by molar-refractivity contribution is 4.95. The molecule has 0 aromatic heterocycles. The van der Waals surface area contributed by atoms with Crippen molar-refractivity contribution in [3.8, 4) is 0 Å². The van der Waals surface area contributed by atoms with Crippen molar-refractivity contribution in [2.45, 2.75) is 18.2 Å². The second-order valence-electron chi connectivity index (χ2n) is 2.44. The average molecular weight is 141 g/mol. The van der Waals surface area contributed by atoms with Gasteiger partial charge in [-0.1, -0.05) is 5.11 Å². The van der Waals surface area contributed by atoms with E-state index in [0.29, 0.717) is 13.2 Å². The SMILES string of the molecule is [N-]=[N+]=NC1[C@@H]2CO[C@H]1CO2. The lowest BCUT2D eigenvalue weighted by Crippen LogP contribution is -2.18. The van der Waals surface area contributed by atoms with E-state index in [9.17, 15) is 0 Å². The zero-order valence-corrected chi connectivity index (χ0v) is 5.30. The molecule has 2 atom stereocenters. The smallest absolute Gasteiger partial charge is 0.0943 e. The zero-order valence-electron chi connectivity index (χ0n) is 5.30. The molecule has 2 aliphatic rings. The van der Waals surface area contributed by atoms with Gasteiger partial charge in [0.1, 0.15) is 0 Å². The molecule has 2 rings (SSSR count). The molecule has 5 nitrogen and oxygen atoms in total. The van der Waals surface area contributed by atoms with Crippen LogP contribution in [0.15, 0.2) is 5.11 Å². The van der Waals surface area contributed by atoms with Gasteiger partial charge < -0.3 is 9.47 Å². The Morgan fingerprint density at radius 1 is 1.30 bits per heavy atom. The third-order valence-corrected chi connectivity index (χ3v) is 1.90. The van der Waals surface area contributed by atoms with Crippen molar-refractivity contribution < 1.29 is 9.47 Å². The number of hydrogen-bond donors (Lipinski definition) is 0. The number of azide groups is 1. The molecule has 5 heteroatoms. The number of fused-ring (bicyclic) bond motifs is 2. The quantitative estimate of drug-likeness (QED) is 0.302. The summed E-state index contributed by atoms with van der Waals surface area (Å²) in [6, 6.07) is -0.0787. The van der Waals surface area contributed by atoms with E-state index in [0.717, 1.165) is 0 Å². The Bertz CT molecular complexity index is 169. The van der Waals surface area contributed by atoms with Crippen molar-refractivity contribution in [2.75, 3.05) is 13.2 Å². The molecule has 0 amide bonds. The molecule has 0 aliphatic carbocycles. The van der Waals surface area contributed by atoms with Gasteiger partial charge >= 0.3 is 0 Å². The molecule has 54 valence electrons. The third kappa shape index (κ3) is 0.686. The summed E-state index contributed by atoms with van der Waals surface area (Å²) >= 11 is 0. The Kier molecular flexibility index (Phi) is 1.27. The van der Waals surface area contributed by atoms with E-state index in [2.05, 4.69) is 10.0 Å². The molecule has 2 saturated heterocycles. The van der Waals surface area contributed by atoms with E-state index in [1.54, 1.807) is 0 Å². The predicted molar refractivity (Wildman–Crippen MR) is 32.4 cm³/mol. The van der Waals surface area contributed by atoms with Gasteiger partial charge in [-0.2, -0.15) is 0 Å². The summed E-state index contributed by atoms with van der Waals surface area (Å²) in [5.41, 5.74) is 8.14. The molecule has 0 saturated carbocycles. The second-order valence-corrected chi connectivity index (χ2v) is 2.44. The Hall–Kier alpha value is -0.770. The molecule has 2 heterocycles. The maximum Gasteiger partial charge on any atom is 0.0943 e. The van der Waals surface area contributed by atoms with Crippen molar-refractivity contribution in [1.29, 1.82) is 0 Å². The van der Waals surface area contributed by atoms with Gasteiger partial charge in [-0.05, 0) is 5.53 Å². The number of hydrogen-bond acceptors (Lipinski definition) is 3. The molecule has 10 heavy (non-hydrogen) atoms. The number of nitrogens with zero attached hydrogens (tertiary/aromatic N) is 3. The summed E-state index contributed by atoms with van der Waals surface area (Å²) in [5.74, 6) is 0. The van der Waals surface area contributed by atoms with E-state index in [-0.39, 0.29) is 18.2 Å². The van der Waals surface area contributed by atoms with Gasteiger partial charge in [-0.25, -0.2) is 0 Å². The van der Waals surface area contributed by atoms with Crippen LogP contribution in [0.25, 0.3) is 10.4 Å². The zero-order chi connectivity index (χ0) is 6.97. The van der Waals surface area contributed by atoms with Crippen LogP contribution in [0.4, 0.5) is 0 Å². The lowest BCUT2D eigenvalue weighted by atomic mass is 10.2. The van der Waals surface area contributed by atoms with Crippen molar-refractivity contribution in [3.05, 3.63) is 10.4 Å². The number of rotatable bonds is 1. The summed E-state index contributed by atoms with van der Waals surface area (Å²) in [6.45, 7) is 1.16. The van der Waals surface area contributed by atoms with Crippen molar-refractivity contribution >= 4 is 0 Å². The summed E-state index contributed by atoms with van der Waals surface area (Å²) in [4.78, 5) is 2.72. The Balaban J connectivity index is 2.16. The minimum Gasteiger partial charge on any atom is -0.373 e. The molecular formula is C5H7N3O2. The molecule has 0 radical (unpaired) electrons. The fourth-order valence-electron chi connectivity index (χ4n) is 1.38. The first-order valence-corrected chi connectivity index (χ1v) is 3.19. The Morgan fingerprint density at radius 2 is 1.90 bits per heavy atom. The highest BCUT2D eigenvalue weighted by Gasteiger charge is 2.43. The summed E-state index contributed by atoms with van der Waals surface area (Å²) in [5, 5.41) is 3.58. The van der Waals surface area contributed by atoms with Crippen LogP contribution in [0.2, 0.25) is 0 Å². The van der Waals surface area contributed by atoms with Crippen LogP contribution in [-0.4, -0.2) is 31.5 Å². The molecule has 2 aliphatic heterocycles. The molecule has 2 bridgehead atoms. The second kappa shape index (κ2) is 2.12. The fourth-order valence-corrected chi connectivity index (χ4v) is 1.38. The van der Waals surface area contributed by atoms with E-state index in [1.165, 1.54) is 0 Å². The molecule has 0 spiro atoms. The average Bonchev–Trinajstić information content (AvgIpc) is 2.50. The Labute approximate surface area is 57.5 Å². The van der Waals surface area contributed by atoms with Gasteiger partial charge in [0.05, 0.1) is 31.5 Å². The monoisotopic (exact) mass is 141 g/mol. The van der Waals surface area contributed by atoms with Gasteiger partial charge in [0.2, 0.25) is 0 Å². The largest absolute Gasteiger partial charge is 0.373 e. The number of ether oxygens (including phenoxy) is 2. The van der Waals surface area contributed by atoms with Crippen molar-refractivity contribution in [2.24, 2.45) is 5.11 Å². The van der Waals surface area contributed by atoms with Gasteiger partial charge in [0.15, 0.2) is 0 Å². The first kappa shape index (κ1) is 5.97. The molecule has 0 unspecified atom stereocenters. The van der Waals surface area contributed by atoms with Crippen LogP contribution < -0.4 is 0 Å². The van der Waals surface area contributed by atoms with E-state index in [1.807, 2.05) is 0 Å². The fraction of sp³-hybridized carbons (Fsp3) is 1.00. The molecule has 2 fully saturated rings. The first-order valence-electron chi connectivity index (χ1n) is 3.19. The van der Waals surface area contributed by atoms with Crippen LogP contribution in [0.5, 0.6) is 0 Å². The normalized spacial score (nSPS) is 43.4. The lowest BCUT2D eigenvalue weighted by molar-refractivity contribution is -0.0376. The third-order valence-electron chi connectivity index (χ3n) is 1.90. The van der Waals surface area contributed by atoms with Crippen molar-refractivity contribution in [3.63, 3.8) is 0 Å². The van der Waals surface area contributed by atoms with E-state index < -0.39 is 0 Å². The van der Waals surface area contributed by atoms with Crippen LogP contribution in [0.3, 0.4) is 0 Å². The van der Waals surface area contributed by atoms with Crippen LogP contribution in [0.1, 0.15) is 0 Å². The van der Waals surface area contributed by atoms with Gasteiger partial charge in [-0.15, -0.1) is 0 Å². The van der Waals surface area contributed by atoms with Crippen LogP contribution >= 0.6 is 0 Å². The minimum atomic E-state index is -0.0787. The van der Waals surface area contributed by atoms with E-state index >= 15 is 0 Å². The minimum absolute atomic E-state index is 0.0147. The summed E-state index contributed by atoms with van der Waals surface area (Å²) in [6.07, 6.45) is 0.0294. The maximum atomic E-state index is 8.14. The molecule has 0 aromatic carbocycles. The summed E-state index contributed by atoms with van der Waals surface area (Å²) in [7, 11) is 0. The maximum absolute atomic E-state index is 8.14. The standard InChI is InChI=1S/C5H7N3O2/c6-8-7-5-3-1-9-4(5)2-10-3/h3-5H,1-2H2/t3-,4-/m0/s1. The topological polar surface area (TPSA) is 67.2 Å². The van der Waals surface area contributed by atoms with Gasteiger partial charge in [0, 0.05) is 4.91 Å². The van der Waals surface area contributed by atoms with E-state index in [4.69, 9.17) is 15.0 Å². The highest BCUT2D eigenvalue weighted by Crippen LogP contribution is 2.27. The van der Waals surface area contributed by atoms with Crippen LogP contribution in [-0.2, 0) is 9.47 Å². The van der Waals surface area contributed by atoms with Crippen molar-refractivity contribution in [1.82, 2.24) is 0 Å². The Morgan fingerprint density at radius 3 is 2.30 bits per heavy atom. The molecule has 0 aromatic rings. The van der Waals surface area contributed by atoms with Gasteiger partial charge in [-0.3, -0.25) is 0 Å². The first-order chi connectivity index (χ1) is 4.92. The highest BCUT2D eigenvalue weighted by atomic mass is 16.6. The lowest BCUT2D eigenvalue weighted by Gasteiger charge is -2.08. The van der Waals surface area contributed by atoms with Gasteiger partial charge in [0.25, 0.3) is 0 Å². The van der Waals surface area contributed by atoms with Crippen LogP contribution in [0, 0.1) is 0 Å².